The van der Waals surface area contributed by atoms with Gasteiger partial charge in [0.05, 0.1) is 18.1 Å². The van der Waals surface area contributed by atoms with Gasteiger partial charge >= 0.3 is 5.97 Å². The normalized spacial score (nSPS) is 20.6. The van der Waals surface area contributed by atoms with Crippen molar-refractivity contribution in [2.45, 2.75) is 32.6 Å². The van der Waals surface area contributed by atoms with Crippen molar-refractivity contribution in [2.75, 3.05) is 32.8 Å². The molecule has 0 aliphatic carbocycles. The second kappa shape index (κ2) is 7.72. The number of nitrogens with one attached hydrogen (secondary N) is 1. The van der Waals surface area contributed by atoms with Gasteiger partial charge in [0.25, 0.3) is 11.8 Å². The number of likely N-dealkylation sites (tertiary alicyclic amines) is 2. The van der Waals surface area contributed by atoms with Gasteiger partial charge in [-0.15, -0.1) is 0 Å². The first-order chi connectivity index (χ1) is 12.1. The Hall–Kier alpha value is -2.31. The number of aromatic amines is 1. The molecule has 25 heavy (non-hydrogen) atoms. The fraction of sp³-hybridized carbons (Fsp3) is 0.611. The van der Waals surface area contributed by atoms with Crippen molar-refractivity contribution in [3.63, 3.8) is 0 Å². The molecular weight excluding hydrogens is 322 g/mol. The van der Waals surface area contributed by atoms with Gasteiger partial charge in [-0.05, 0) is 38.7 Å². The maximum atomic E-state index is 12.7. The largest absolute Gasteiger partial charge is 0.466 e. The summed E-state index contributed by atoms with van der Waals surface area (Å²) in [6.07, 6.45) is 5.16. The lowest BCUT2D eigenvalue weighted by Gasteiger charge is -2.31. The summed E-state index contributed by atoms with van der Waals surface area (Å²) in [7, 11) is 0. The Morgan fingerprint density at radius 2 is 1.84 bits per heavy atom. The summed E-state index contributed by atoms with van der Waals surface area (Å²) in [5, 5.41) is 0. The highest BCUT2D eigenvalue weighted by molar-refractivity contribution is 5.99. The maximum absolute atomic E-state index is 12.7. The minimum atomic E-state index is -0.262. The summed E-state index contributed by atoms with van der Waals surface area (Å²) in [6.45, 7) is 4.67. The van der Waals surface area contributed by atoms with Gasteiger partial charge < -0.3 is 19.5 Å². The summed E-state index contributed by atoms with van der Waals surface area (Å²) in [6, 6.07) is 1.62. The summed E-state index contributed by atoms with van der Waals surface area (Å²) in [5.74, 6) is -0.702. The quantitative estimate of drug-likeness (QED) is 0.840. The molecule has 2 amide bonds. The van der Waals surface area contributed by atoms with Gasteiger partial charge in [-0.2, -0.15) is 0 Å². The first-order valence-corrected chi connectivity index (χ1v) is 9.03. The number of amides is 2. The van der Waals surface area contributed by atoms with Crippen LogP contribution < -0.4 is 0 Å². The lowest BCUT2D eigenvalue weighted by atomic mass is 9.97. The molecule has 2 aliphatic heterocycles. The Labute approximate surface area is 147 Å². The van der Waals surface area contributed by atoms with E-state index in [0.717, 1.165) is 38.8 Å². The van der Waals surface area contributed by atoms with Crippen molar-refractivity contribution in [3.05, 3.63) is 23.5 Å². The molecule has 2 aliphatic rings. The number of esters is 1. The lowest BCUT2D eigenvalue weighted by molar-refractivity contribution is -0.149. The lowest BCUT2D eigenvalue weighted by Crippen LogP contribution is -2.42. The second-order valence-electron chi connectivity index (χ2n) is 6.64. The van der Waals surface area contributed by atoms with Gasteiger partial charge in [-0.25, -0.2) is 0 Å². The minimum Gasteiger partial charge on any atom is -0.466 e. The molecule has 0 unspecified atom stereocenters. The van der Waals surface area contributed by atoms with Crippen LogP contribution in [0.4, 0.5) is 0 Å². The highest BCUT2D eigenvalue weighted by Gasteiger charge is 2.30. The highest BCUT2D eigenvalue weighted by atomic mass is 16.5. The molecule has 0 aromatic carbocycles. The van der Waals surface area contributed by atoms with Crippen molar-refractivity contribution in [1.82, 2.24) is 14.8 Å². The molecule has 1 aromatic rings. The summed E-state index contributed by atoms with van der Waals surface area (Å²) < 4.78 is 5.07. The maximum Gasteiger partial charge on any atom is 0.310 e. The third kappa shape index (κ3) is 3.86. The molecule has 1 aromatic heterocycles. The summed E-state index contributed by atoms with van der Waals surface area (Å²) >= 11 is 0. The van der Waals surface area contributed by atoms with E-state index >= 15 is 0 Å². The monoisotopic (exact) mass is 347 g/mol. The number of piperidine rings is 1. The Morgan fingerprint density at radius 1 is 1.12 bits per heavy atom. The highest BCUT2D eigenvalue weighted by Crippen LogP contribution is 2.21. The van der Waals surface area contributed by atoms with E-state index in [2.05, 4.69) is 4.98 Å². The second-order valence-corrected chi connectivity index (χ2v) is 6.64. The predicted octanol–water partition coefficient (Wildman–Crippen LogP) is 1.67. The number of aromatic nitrogens is 1. The number of ether oxygens (including phenoxy) is 1. The number of carbonyl (C=O) groups is 3. The van der Waals surface area contributed by atoms with Crippen LogP contribution >= 0.6 is 0 Å². The molecule has 0 saturated carbocycles. The van der Waals surface area contributed by atoms with E-state index in [1.165, 1.54) is 0 Å². The molecule has 2 saturated heterocycles. The van der Waals surface area contributed by atoms with Crippen LogP contribution in [0.15, 0.2) is 12.3 Å². The number of hydrogen-bond acceptors (Lipinski definition) is 4. The molecule has 7 nitrogen and oxygen atoms in total. The molecule has 0 bridgehead atoms. The average Bonchev–Trinajstić information content (AvgIpc) is 3.33. The van der Waals surface area contributed by atoms with Gasteiger partial charge in [0.15, 0.2) is 0 Å². The van der Waals surface area contributed by atoms with E-state index in [9.17, 15) is 14.4 Å². The van der Waals surface area contributed by atoms with Crippen LogP contribution in [-0.2, 0) is 9.53 Å². The zero-order chi connectivity index (χ0) is 17.8. The Balaban J connectivity index is 1.64. The summed E-state index contributed by atoms with van der Waals surface area (Å²) in [4.78, 5) is 43.4. The number of hydrogen-bond donors (Lipinski definition) is 1. The molecule has 1 N–H and O–H groups in total. The molecule has 3 rings (SSSR count). The van der Waals surface area contributed by atoms with E-state index in [-0.39, 0.29) is 23.7 Å². The minimum absolute atomic E-state index is 0.0559. The third-order valence-corrected chi connectivity index (χ3v) is 4.88. The van der Waals surface area contributed by atoms with Crippen LogP contribution in [0, 0.1) is 5.92 Å². The zero-order valence-corrected chi connectivity index (χ0v) is 14.6. The predicted molar refractivity (Wildman–Crippen MR) is 91.2 cm³/mol. The average molecular weight is 347 g/mol. The molecule has 3 heterocycles. The van der Waals surface area contributed by atoms with Crippen molar-refractivity contribution in [2.24, 2.45) is 5.92 Å². The van der Waals surface area contributed by atoms with Gasteiger partial charge in [0.2, 0.25) is 0 Å². The molecular formula is C18H25N3O4. The fourth-order valence-corrected chi connectivity index (χ4v) is 3.53. The number of carbonyl (C=O) groups excluding carboxylic acids is 3. The molecule has 2 fully saturated rings. The van der Waals surface area contributed by atoms with Crippen molar-refractivity contribution in [3.8, 4) is 0 Å². The summed E-state index contributed by atoms with van der Waals surface area (Å²) in [5.41, 5.74) is 0.913. The number of nitrogens with zero attached hydrogens (tertiary/aromatic N) is 2. The van der Waals surface area contributed by atoms with Crippen molar-refractivity contribution >= 4 is 17.8 Å². The van der Waals surface area contributed by atoms with Gasteiger partial charge in [0.1, 0.15) is 5.69 Å². The Kier molecular flexibility index (Phi) is 5.40. The Bertz CT molecular complexity index is 649. The van der Waals surface area contributed by atoms with Gasteiger partial charge in [-0.1, -0.05) is 0 Å². The number of H-pyrrole nitrogens is 1. The van der Waals surface area contributed by atoms with E-state index in [0.29, 0.717) is 31.0 Å². The standard InChI is InChI=1S/C18H25N3O4/c1-2-25-18(24)13-6-5-9-21(12-13)16(22)14-10-15(19-11-14)17(23)20-7-3-4-8-20/h10-11,13,19H,2-9,12H2,1H3/t13-/m0/s1. The van der Waals surface area contributed by atoms with Crippen LogP contribution in [0.25, 0.3) is 0 Å². The van der Waals surface area contributed by atoms with Gasteiger partial charge in [0, 0.05) is 32.4 Å². The SMILES string of the molecule is CCOC(=O)[C@H]1CCCN(C(=O)c2c[nH]c(C(=O)N3CCCC3)c2)C1. The van der Waals surface area contributed by atoms with Crippen LogP contribution in [0.3, 0.4) is 0 Å². The third-order valence-electron chi connectivity index (χ3n) is 4.88. The number of rotatable bonds is 4. The van der Waals surface area contributed by atoms with Gasteiger partial charge in [-0.3, -0.25) is 14.4 Å². The molecule has 7 heteroatoms. The van der Waals surface area contributed by atoms with Crippen LogP contribution in [-0.4, -0.2) is 65.4 Å². The van der Waals surface area contributed by atoms with Crippen molar-refractivity contribution < 1.29 is 19.1 Å². The van der Waals surface area contributed by atoms with Crippen LogP contribution in [0.2, 0.25) is 0 Å². The van der Waals surface area contributed by atoms with Crippen LogP contribution in [0.1, 0.15) is 53.5 Å². The van der Waals surface area contributed by atoms with E-state index in [1.807, 2.05) is 0 Å². The molecule has 1 atom stereocenters. The van der Waals surface area contributed by atoms with E-state index < -0.39 is 0 Å². The van der Waals surface area contributed by atoms with Crippen LogP contribution in [0.5, 0.6) is 0 Å². The first kappa shape index (κ1) is 17.5. The molecule has 136 valence electrons. The smallest absolute Gasteiger partial charge is 0.310 e. The molecule has 0 radical (unpaired) electrons. The van der Waals surface area contributed by atoms with Crippen molar-refractivity contribution in [1.29, 1.82) is 0 Å². The molecule has 0 spiro atoms. The topological polar surface area (TPSA) is 82.7 Å². The van der Waals surface area contributed by atoms with E-state index in [1.54, 1.807) is 29.0 Å². The first-order valence-electron chi connectivity index (χ1n) is 9.03. The fourth-order valence-electron chi connectivity index (χ4n) is 3.53. The van der Waals surface area contributed by atoms with E-state index in [4.69, 9.17) is 4.74 Å². The zero-order valence-electron chi connectivity index (χ0n) is 14.6. The Morgan fingerprint density at radius 3 is 2.56 bits per heavy atom.